The molecule has 1 atom stereocenters. The van der Waals surface area contributed by atoms with E-state index in [1.165, 1.54) is 4.31 Å². The molecule has 290 valence electrons. The number of carbonyl (C=O) groups is 2. The number of carbonyl (C=O) groups excluding carboxylic acids is 2. The van der Waals surface area contributed by atoms with Gasteiger partial charge >= 0.3 is 6.18 Å². The number of nitrogens with zero attached hydrogens (tertiary/aromatic N) is 6. The predicted molar refractivity (Wildman–Crippen MR) is 199 cm³/mol. The van der Waals surface area contributed by atoms with Crippen molar-refractivity contribution in [3.63, 3.8) is 0 Å². The predicted octanol–water partition coefficient (Wildman–Crippen LogP) is 4.02. The van der Waals surface area contributed by atoms with Crippen LogP contribution in [-0.2, 0) is 25.8 Å². The Labute approximate surface area is 313 Å². The van der Waals surface area contributed by atoms with E-state index in [0.717, 1.165) is 88.1 Å². The van der Waals surface area contributed by atoms with Gasteiger partial charge in [0.15, 0.2) is 0 Å². The highest BCUT2D eigenvalue weighted by atomic mass is 32.2. The lowest BCUT2D eigenvalue weighted by molar-refractivity contribution is -0.138. The first-order valence-electron chi connectivity index (χ1n) is 18.6. The van der Waals surface area contributed by atoms with E-state index in [4.69, 9.17) is 0 Å². The van der Waals surface area contributed by atoms with Gasteiger partial charge in [-0.3, -0.25) is 19.8 Å². The molecule has 5 heterocycles. The van der Waals surface area contributed by atoms with Crippen molar-refractivity contribution in [2.45, 2.75) is 61.7 Å². The number of hydrogen-bond acceptors (Lipinski definition) is 11. The molecular weight excluding hydrogens is 724 g/mol. The minimum absolute atomic E-state index is 0.0885. The van der Waals surface area contributed by atoms with Crippen molar-refractivity contribution in [1.29, 1.82) is 0 Å². The lowest BCUT2D eigenvalue weighted by atomic mass is 9.95. The summed E-state index contributed by atoms with van der Waals surface area (Å²) in [7, 11) is -3.72. The first-order chi connectivity index (χ1) is 25.9. The Kier molecular flexibility index (Phi) is 11.3. The molecule has 4 aliphatic heterocycles. The molecule has 0 saturated carbocycles. The van der Waals surface area contributed by atoms with Crippen molar-refractivity contribution < 1.29 is 31.2 Å². The number of amides is 2. The molecule has 1 aromatic heterocycles. The molecule has 7 rings (SSSR count). The fourth-order valence-electron chi connectivity index (χ4n) is 7.69. The third kappa shape index (κ3) is 9.06. The maximum Gasteiger partial charge on any atom is 0.419 e. The summed E-state index contributed by atoms with van der Waals surface area (Å²) >= 11 is 0. The number of hydrogen-bond donors (Lipinski definition) is 3. The van der Waals surface area contributed by atoms with Crippen LogP contribution in [0.4, 0.5) is 36.2 Å². The number of anilines is 4. The average Bonchev–Trinajstić information content (AvgIpc) is 3.17. The first kappa shape index (κ1) is 37.8. The van der Waals surface area contributed by atoms with E-state index in [2.05, 4.69) is 52.8 Å². The average molecular weight is 770 g/mol. The number of alkyl halides is 3. The Balaban J connectivity index is 0.838. The van der Waals surface area contributed by atoms with Gasteiger partial charge in [0, 0.05) is 101 Å². The summed E-state index contributed by atoms with van der Waals surface area (Å²) in [6.45, 7) is 7.14. The van der Waals surface area contributed by atoms with Crippen LogP contribution < -0.4 is 25.8 Å². The van der Waals surface area contributed by atoms with Crippen LogP contribution in [0.2, 0.25) is 0 Å². The molecule has 54 heavy (non-hydrogen) atoms. The summed E-state index contributed by atoms with van der Waals surface area (Å²) in [5, 5.41) is 8.65. The van der Waals surface area contributed by atoms with Crippen molar-refractivity contribution in [2.75, 3.05) is 79.3 Å². The van der Waals surface area contributed by atoms with Gasteiger partial charge < -0.3 is 20.4 Å². The number of piperidine rings is 3. The Morgan fingerprint density at radius 3 is 2.09 bits per heavy atom. The molecule has 1 unspecified atom stereocenters. The number of nitrogens with one attached hydrogen (secondary N) is 3. The minimum Gasteiger partial charge on any atom is -0.374 e. The van der Waals surface area contributed by atoms with E-state index in [9.17, 15) is 31.2 Å². The molecule has 3 N–H and O–H groups in total. The highest BCUT2D eigenvalue weighted by Gasteiger charge is 2.33. The topological polar surface area (TPSA) is 143 Å². The number of rotatable bonds is 10. The zero-order valence-corrected chi connectivity index (χ0v) is 30.8. The zero-order valence-electron chi connectivity index (χ0n) is 30.0. The number of imide groups is 1. The molecule has 4 aliphatic rings. The Morgan fingerprint density at radius 1 is 0.778 bits per heavy atom. The Morgan fingerprint density at radius 2 is 1.44 bits per heavy atom. The summed E-state index contributed by atoms with van der Waals surface area (Å²) in [6, 6.07) is 14.7. The van der Waals surface area contributed by atoms with Crippen molar-refractivity contribution >= 4 is 44.8 Å². The summed E-state index contributed by atoms with van der Waals surface area (Å²) in [6.07, 6.45) is 0.813. The normalized spacial score (nSPS) is 21.6. The number of halogens is 3. The quantitative estimate of drug-likeness (QED) is 0.258. The maximum atomic E-state index is 13.6. The fourth-order valence-corrected chi connectivity index (χ4v) is 9.20. The van der Waals surface area contributed by atoms with Gasteiger partial charge in [0.05, 0.1) is 10.5 Å². The molecule has 0 radical (unpaired) electrons. The summed E-state index contributed by atoms with van der Waals surface area (Å²) in [4.78, 5) is 38.5. The van der Waals surface area contributed by atoms with Gasteiger partial charge in [0.2, 0.25) is 27.8 Å². The molecule has 4 saturated heterocycles. The smallest absolute Gasteiger partial charge is 0.374 e. The van der Waals surface area contributed by atoms with Crippen LogP contribution in [0, 0.1) is 5.92 Å². The standard InChI is InChI=1S/C37H46F3N9O4S/c38-37(39,40)27-23-41-36(42-24-27)44-29-12-16-49(17-13-29)54(52,53)32-3-1-2-31(22-32)47-14-10-26(11-15-47)25-46-18-20-48(21-19-46)30-6-4-28(5-7-30)43-33-8-9-34(50)45-35(33)51/h1-7,22-24,26,29,33,43H,8-21,25H2,(H,41,42,44)(H,45,50,51). The van der Waals surface area contributed by atoms with Crippen LogP contribution in [0.5, 0.6) is 0 Å². The van der Waals surface area contributed by atoms with E-state index >= 15 is 0 Å². The van der Waals surface area contributed by atoms with Crippen molar-refractivity contribution in [3.05, 3.63) is 66.5 Å². The lowest BCUT2D eigenvalue weighted by Gasteiger charge is -2.40. The summed E-state index contributed by atoms with van der Waals surface area (Å²) in [5.74, 6) is 0.155. The Bertz CT molecular complexity index is 1880. The molecule has 0 aliphatic carbocycles. The summed E-state index contributed by atoms with van der Waals surface area (Å²) in [5.41, 5.74) is 1.98. The van der Waals surface area contributed by atoms with E-state index < -0.39 is 27.8 Å². The third-order valence-corrected chi connectivity index (χ3v) is 12.8. The number of aromatic nitrogens is 2. The molecule has 0 spiro atoms. The SMILES string of the molecule is O=C1CCC(Nc2ccc(N3CCN(CC4CCN(c5cccc(S(=O)(=O)N6CCC(Nc7ncc(C(F)(F)F)cn7)CC6)c5)CC4)CC3)cc2)C(=O)N1. The maximum absolute atomic E-state index is 13.6. The molecule has 0 bridgehead atoms. The molecule has 4 fully saturated rings. The largest absolute Gasteiger partial charge is 0.419 e. The second kappa shape index (κ2) is 16.1. The van der Waals surface area contributed by atoms with Crippen LogP contribution in [0.15, 0.2) is 65.8 Å². The van der Waals surface area contributed by atoms with Gasteiger partial charge in [0.25, 0.3) is 0 Å². The van der Waals surface area contributed by atoms with Gasteiger partial charge in [0.1, 0.15) is 6.04 Å². The van der Waals surface area contributed by atoms with Crippen molar-refractivity contribution in [2.24, 2.45) is 5.92 Å². The molecule has 2 aromatic carbocycles. The highest BCUT2D eigenvalue weighted by Crippen LogP contribution is 2.31. The van der Waals surface area contributed by atoms with Gasteiger partial charge in [-0.2, -0.15) is 17.5 Å². The number of piperazine rings is 1. The van der Waals surface area contributed by atoms with Gasteiger partial charge in [-0.05, 0) is 80.5 Å². The second-order valence-corrected chi connectivity index (χ2v) is 16.5. The first-order valence-corrected chi connectivity index (χ1v) is 20.0. The van der Waals surface area contributed by atoms with E-state index in [1.807, 2.05) is 18.2 Å². The zero-order chi connectivity index (χ0) is 37.9. The monoisotopic (exact) mass is 769 g/mol. The number of benzene rings is 2. The van der Waals surface area contributed by atoms with Crippen LogP contribution in [0.3, 0.4) is 0 Å². The minimum atomic E-state index is -4.51. The van der Waals surface area contributed by atoms with Crippen molar-refractivity contribution in [3.8, 4) is 0 Å². The molecule has 13 nitrogen and oxygen atoms in total. The van der Waals surface area contributed by atoms with Crippen LogP contribution in [0.25, 0.3) is 0 Å². The molecule has 3 aromatic rings. The second-order valence-electron chi connectivity index (χ2n) is 14.5. The van der Waals surface area contributed by atoms with Gasteiger partial charge in [-0.25, -0.2) is 18.4 Å². The van der Waals surface area contributed by atoms with E-state index in [0.29, 0.717) is 31.6 Å². The van der Waals surface area contributed by atoms with E-state index in [1.54, 1.807) is 18.2 Å². The highest BCUT2D eigenvalue weighted by molar-refractivity contribution is 7.89. The van der Waals surface area contributed by atoms with Crippen LogP contribution >= 0.6 is 0 Å². The van der Waals surface area contributed by atoms with Crippen molar-refractivity contribution in [1.82, 2.24) is 24.5 Å². The molecule has 17 heteroatoms. The van der Waals surface area contributed by atoms with Crippen LogP contribution in [-0.4, -0.2) is 110 Å². The van der Waals surface area contributed by atoms with E-state index in [-0.39, 0.29) is 41.8 Å². The van der Waals surface area contributed by atoms with Crippen LogP contribution in [0.1, 0.15) is 44.1 Å². The van der Waals surface area contributed by atoms with Gasteiger partial charge in [-0.15, -0.1) is 0 Å². The number of sulfonamides is 1. The van der Waals surface area contributed by atoms with Gasteiger partial charge in [-0.1, -0.05) is 6.07 Å². The Hall–Kier alpha value is -4.48. The third-order valence-electron chi connectivity index (χ3n) is 10.9. The fraction of sp³-hybridized carbons (Fsp3) is 0.514. The summed E-state index contributed by atoms with van der Waals surface area (Å²) < 4.78 is 67.2. The molecular formula is C37H46F3N9O4S. The lowest BCUT2D eigenvalue weighted by Crippen LogP contribution is -2.49. The molecule has 2 amide bonds.